The summed E-state index contributed by atoms with van der Waals surface area (Å²) in [4.78, 5) is 25.5. The second-order valence-corrected chi connectivity index (χ2v) is 6.38. The van der Waals surface area contributed by atoms with E-state index in [1.807, 2.05) is 0 Å². The van der Waals surface area contributed by atoms with Crippen LogP contribution in [0.1, 0.15) is 21.0 Å². The molecule has 0 fully saturated rings. The van der Waals surface area contributed by atoms with Crippen LogP contribution in [0.25, 0.3) is 0 Å². The molecule has 0 atom stereocenters. The third-order valence-corrected chi connectivity index (χ3v) is 1.88. The van der Waals surface area contributed by atoms with Crippen LogP contribution in [0.4, 0.5) is 24.6 Å². The minimum absolute atomic E-state index is 0.206. The molecular weight excluding hydrogens is 378 g/mol. The SMILES string of the molecule is F[Si-2](F)(F)(F)(F)F.O=C(O)c1cccc[nH+]1.O=C(O)c1cccc[nH+]1. The molecule has 0 amide bonds. The van der Waals surface area contributed by atoms with Gasteiger partial charge in [-0.3, -0.25) is 0 Å². The van der Waals surface area contributed by atoms with E-state index in [1.54, 1.807) is 36.7 Å². The Balaban J connectivity index is 0.000000350. The van der Waals surface area contributed by atoms with Crippen LogP contribution in [0.2, 0.25) is 0 Å². The van der Waals surface area contributed by atoms with Crippen molar-refractivity contribution in [2.24, 2.45) is 0 Å². The predicted molar refractivity (Wildman–Crippen MR) is 72.3 cm³/mol. The van der Waals surface area contributed by atoms with E-state index in [2.05, 4.69) is 9.97 Å². The van der Waals surface area contributed by atoms with E-state index in [4.69, 9.17) is 10.2 Å². The third-order valence-electron chi connectivity index (χ3n) is 1.88. The number of aromatic nitrogens is 2. The van der Waals surface area contributed by atoms with Gasteiger partial charge in [0.05, 0.1) is 0 Å². The van der Waals surface area contributed by atoms with Gasteiger partial charge in [0.25, 0.3) is 11.4 Å². The van der Waals surface area contributed by atoms with E-state index in [1.165, 1.54) is 12.1 Å². The third kappa shape index (κ3) is 17.2. The first-order valence-electron chi connectivity index (χ1n) is 6.14. The van der Waals surface area contributed by atoms with E-state index < -0.39 is 20.6 Å². The fourth-order valence-corrected chi connectivity index (χ4v) is 1.05. The Hall–Kier alpha value is -2.96. The molecule has 0 saturated carbocycles. The van der Waals surface area contributed by atoms with Gasteiger partial charge in [-0.05, 0) is 12.1 Å². The first-order valence-corrected chi connectivity index (χ1v) is 8.41. The zero-order valence-corrected chi connectivity index (χ0v) is 13.1. The van der Waals surface area contributed by atoms with Crippen LogP contribution in [-0.4, -0.2) is 30.8 Å². The van der Waals surface area contributed by atoms with Gasteiger partial charge in [-0.1, -0.05) is 0 Å². The number of halogens is 6. The number of H-pyrrole nitrogens is 2. The number of nitrogens with one attached hydrogen (secondary N) is 2. The van der Waals surface area contributed by atoms with E-state index in [0.29, 0.717) is 0 Å². The zero-order valence-electron chi connectivity index (χ0n) is 12.1. The molecule has 4 N–H and O–H groups in total. The van der Waals surface area contributed by atoms with Gasteiger partial charge in [0, 0.05) is 24.3 Å². The van der Waals surface area contributed by atoms with Crippen LogP contribution < -0.4 is 9.97 Å². The molecule has 0 bridgehead atoms. The maximum absolute atomic E-state index is 10.8. The number of aromatic amines is 2. The van der Waals surface area contributed by atoms with Crippen molar-refractivity contribution < 1.29 is 54.4 Å². The summed E-state index contributed by atoms with van der Waals surface area (Å²) in [6.07, 6.45) is 3.15. The van der Waals surface area contributed by atoms with Crippen molar-refractivity contribution in [2.45, 2.75) is 0 Å². The Kier molecular flexibility index (Phi) is 6.43. The molecule has 0 aromatic carbocycles. The van der Waals surface area contributed by atoms with Crippen molar-refractivity contribution in [3.63, 3.8) is 0 Å². The van der Waals surface area contributed by atoms with Gasteiger partial charge in [-0.25, -0.2) is 19.6 Å². The molecule has 140 valence electrons. The van der Waals surface area contributed by atoms with Gasteiger partial charge >= 0.3 is 45.2 Å². The Bertz CT molecular complexity index is 650. The topological polar surface area (TPSA) is 103 Å². The van der Waals surface area contributed by atoms with Gasteiger partial charge in [-0.15, -0.1) is 0 Å². The summed E-state index contributed by atoms with van der Waals surface area (Å²) >= 11 is 0. The number of pyridine rings is 2. The first-order chi connectivity index (χ1) is 11.1. The number of aromatic carboxylic acids is 2. The molecule has 0 aliphatic heterocycles. The quantitative estimate of drug-likeness (QED) is 0.467. The summed E-state index contributed by atoms with van der Waals surface area (Å²) in [6, 6.07) is 9.80. The minimum atomic E-state index is -10.8. The van der Waals surface area contributed by atoms with Gasteiger partial charge in [-0.2, -0.15) is 0 Å². The predicted octanol–water partition coefficient (Wildman–Crippen LogP) is 2.54. The van der Waals surface area contributed by atoms with Gasteiger partial charge in [0.1, 0.15) is 0 Å². The molecule has 0 aliphatic carbocycles. The summed E-state index contributed by atoms with van der Waals surface area (Å²) in [7, 11) is -10.8. The van der Waals surface area contributed by atoms with Crippen LogP contribution in [0, 0.1) is 0 Å². The molecule has 13 heteroatoms. The number of hydrogen-bond acceptors (Lipinski definition) is 2. The van der Waals surface area contributed by atoms with Crippen LogP contribution in [0.5, 0.6) is 0 Å². The molecule has 2 heterocycles. The number of carboxylic acid groups (broad SMARTS) is 2. The molecule has 0 spiro atoms. The number of carboxylic acids is 2. The molecule has 0 aliphatic rings. The van der Waals surface area contributed by atoms with Gasteiger partial charge in [0.2, 0.25) is 0 Å². The maximum atomic E-state index is 10.2. The van der Waals surface area contributed by atoms with Crippen molar-refractivity contribution in [3.8, 4) is 0 Å². The van der Waals surface area contributed by atoms with Crippen molar-refractivity contribution in [1.82, 2.24) is 0 Å². The van der Waals surface area contributed by atoms with Crippen molar-refractivity contribution in [2.75, 3.05) is 0 Å². The van der Waals surface area contributed by atoms with Crippen LogP contribution in [-0.2, 0) is 0 Å². The van der Waals surface area contributed by atoms with Crippen LogP contribution in [0.15, 0.2) is 48.8 Å². The van der Waals surface area contributed by atoms with Crippen molar-refractivity contribution >= 4 is 20.6 Å². The molecular formula is C12H12F6N2O4Si. The van der Waals surface area contributed by atoms with E-state index >= 15 is 0 Å². The summed E-state index contributed by atoms with van der Waals surface area (Å²) in [5.41, 5.74) is 0.412. The summed E-state index contributed by atoms with van der Waals surface area (Å²) in [5, 5.41) is 16.7. The number of carbonyl (C=O) groups is 2. The monoisotopic (exact) mass is 390 g/mol. The molecule has 6 nitrogen and oxygen atoms in total. The van der Waals surface area contributed by atoms with Gasteiger partial charge < -0.3 is 10.2 Å². The first kappa shape index (κ1) is 22.0. The molecule has 0 unspecified atom stereocenters. The fourth-order valence-electron chi connectivity index (χ4n) is 1.05. The summed E-state index contributed by atoms with van der Waals surface area (Å²) < 4.78 is 59.3. The Morgan fingerprint density at radius 3 is 1.12 bits per heavy atom. The second-order valence-electron chi connectivity index (χ2n) is 4.23. The van der Waals surface area contributed by atoms with Crippen LogP contribution >= 0.6 is 0 Å². The maximum Gasteiger partial charge on any atom is 0.401 e. The van der Waals surface area contributed by atoms with E-state index in [9.17, 15) is 34.2 Å². The average molecular weight is 390 g/mol. The smallest absolute Gasteiger partial charge is 0.401 e. The second kappa shape index (κ2) is 7.29. The summed E-state index contributed by atoms with van der Waals surface area (Å²) in [6.45, 7) is 0. The number of rotatable bonds is 2. The average Bonchev–Trinajstić information content (AvgIpc) is 2.46. The molecule has 2 aromatic heterocycles. The summed E-state index contributed by atoms with van der Waals surface area (Å²) in [5.74, 6) is -1.87. The number of hydrogen-bond donors (Lipinski definition) is 2. The Morgan fingerprint density at radius 2 is 1.00 bits per heavy atom. The Labute approximate surface area is 136 Å². The largest absolute Gasteiger partial charge is 0.473 e. The Morgan fingerprint density at radius 1 is 0.720 bits per heavy atom. The zero-order chi connectivity index (χ0) is 19.8. The molecule has 2 aromatic rings. The van der Waals surface area contributed by atoms with Crippen molar-refractivity contribution in [3.05, 3.63) is 60.2 Å². The van der Waals surface area contributed by atoms with Gasteiger partial charge in [0.15, 0.2) is 12.4 Å². The minimum Gasteiger partial charge on any atom is -0.473 e. The molecule has 0 saturated heterocycles. The van der Waals surface area contributed by atoms with Crippen LogP contribution in [0.3, 0.4) is 0 Å². The fraction of sp³-hybridized carbons (Fsp3) is 0. The molecule has 2 rings (SSSR count). The van der Waals surface area contributed by atoms with E-state index in [-0.39, 0.29) is 11.4 Å². The van der Waals surface area contributed by atoms with E-state index in [0.717, 1.165) is 0 Å². The normalized spacial score (nSPS) is 12.9. The standard InChI is InChI=1S/2C6H5NO2.F6Si/c2*8-6(9)5-3-1-2-4-7-5;1-7(2,3,4,5)6/h2*1-4H,(H,8,9);/q;;-2/p+2. The molecule has 0 radical (unpaired) electrons. The van der Waals surface area contributed by atoms with Crippen molar-refractivity contribution in [1.29, 1.82) is 0 Å². The molecule has 25 heavy (non-hydrogen) atoms.